The molecule has 96 valence electrons. The van der Waals surface area contributed by atoms with Gasteiger partial charge in [0.1, 0.15) is 24.4 Å². The predicted octanol–water partition coefficient (Wildman–Crippen LogP) is -1.40. The van der Waals surface area contributed by atoms with Gasteiger partial charge in [0.25, 0.3) is 0 Å². The minimum Gasteiger partial charge on any atom is -0.394 e. The fraction of sp³-hybridized carbons (Fsp3) is 1.00. The van der Waals surface area contributed by atoms with Crippen LogP contribution in [0.2, 0.25) is 0 Å². The fourth-order valence-electron chi connectivity index (χ4n) is 1.55. The largest absolute Gasteiger partial charge is 0.394 e. The lowest BCUT2D eigenvalue weighted by Gasteiger charge is -2.39. The summed E-state index contributed by atoms with van der Waals surface area (Å²) in [7, 11) is 0. The number of unbranched alkanes of at least 4 members (excludes halogenated alkanes) is 1. The first-order valence-corrected chi connectivity index (χ1v) is 5.54. The van der Waals surface area contributed by atoms with Crippen molar-refractivity contribution in [1.29, 1.82) is 0 Å². The molecule has 1 heterocycles. The topological polar surface area (TPSA) is 99.4 Å². The molecule has 5 atom stereocenters. The van der Waals surface area contributed by atoms with E-state index in [1.807, 2.05) is 6.92 Å². The molecule has 0 radical (unpaired) electrons. The molecule has 0 aromatic carbocycles. The lowest BCUT2D eigenvalue weighted by Crippen LogP contribution is -2.59. The van der Waals surface area contributed by atoms with Crippen molar-refractivity contribution in [2.45, 2.75) is 50.5 Å². The minimum absolute atomic E-state index is 0.402. The first-order valence-electron chi connectivity index (χ1n) is 5.54. The Morgan fingerprint density at radius 3 is 2.38 bits per heavy atom. The second-order valence-corrected chi connectivity index (χ2v) is 3.92. The van der Waals surface area contributed by atoms with E-state index in [0.29, 0.717) is 6.61 Å². The average molecular weight is 236 g/mol. The van der Waals surface area contributed by atoms with Crippen LogP contribution >= 0.6 is 0 Å². The third-order valence-electron chi connectivity index (χ3n) is 2.63. The highest BCUT2D eigenvalue weighted by Crippen LogP contribution is 2.21. The SMILES string of the molecule is CCCCO[C@@H]1O[C@H](CO)[C@H](O)[C@@H](O)[C@H]1O. The Morgan fingerprint density at radius 2 is 1.81 bits per heavy atom. The Morgan fingerprint density at radius 1 is 1.12 bits per heavy atom. The monoisotopic (exact) mass is 236 g/mol. The van der Waals surface area contributed by atoms with Crippen LogP contribution in [0.1, 0.15) is 19.8 Å². The molecule has 1 aliphatic heterocycles. The lowest BCUT2D eigenvalue weighted by molar-refractivity contribution is -0.301. The fourth-order valence-corrected chi connectivity index (χ4v) is 1.55. The van der Waals surface area contributed by atoms with Crippen LogP contribution in [-0.4, -0.2) is 64.3 Å². The van der Waals surface area contributed by atoms with Crippen molar-refractivity contribution >= 4 is 0 Å². The van der Waals surface area contributed by atoms with Gasteiger partial charge in [-0.05, 0) is 6.42 Å². The Bertz CT molecular complexity index is 198. The molecule has 1 fully saturated rings. The number of aliphatic hydroxyl groups excluding tert-OH is 4. The van der Waals surface area contributed by atoms with Gasteiger partial charge in [-0.25, -0.2) is 0 Å². The van der Waals surface area contributed by atoms with Gasteiger partial charge >= 0.3 is 0 Å². The van der Waals surface area contributed by atoms with Crippen molar-refractivity contribution in [3.05, 3.63) is 0 Å². The van der Waals surface area contributed by atoms with E-state index in [1.54, 1.807) is 0 Å². The Kier molecular flexibility index (Phi) is 5.60. The molecule has 0 bridgehead atoms. The highest BCUT2D eigenvalue weighted by Gasteiger charge is 2.43. The lowest BCUT2D eigenvalue weighted by atomic mass is 9.99. The van der Waals surface area contributed by atoms with Crippen molar-refractivity contribution in [2.75, 3.05) is 13.2 Å². The van der Waals surface area contributed by atoms with Gasteiger partial charge in [0.2, 0.25) is 0 Å². The number of aliphatic hydroxyl groups is 4. The molecule has 0 aromatic rings. The van der Waals surface area contributed by atoms with Gasteiger partial charge in [0, 0.05) is 6.61 Å². The van der Waals surface area contributed by atoms with Crippen molar-refractivity contribution in [1.82, 2.24) is 0 Å². The second kappa shape index (κ2) is 6.48. The highest BCUT2D eigenvalue weighted by molar-refractivity contribution is 4.88. The van der Waals surface area contributed by atoms with E-state index in [-0.39, 0.29) is 0 Å². The number of hydrogen-bond acceptors (Lipinski definition) is 6. The number of ether oxygens (including phenoxy) is 2. The molecule has 0 amide bonds. The van der Waals surface area contributed by atoms with Crippen LogP contribution in [0, 0.1) is 0 Å². The quantitative estimate of drug-likeness (QED) is 0.438. The van der Waals surface area contributed by atoms with E-state index in [2.05, 4.69) is 0 Å². The van der Waals surface area contributed by atoms with Crippen molar-refractivity contribution in [3.63, 3.8) is 0 Å². The maximum Gasteiger partial charge on any atom is 0.186 e. The van der Waals surface area contributed by atoms with E-state index in [0.717, 1.165) is 12.8 Å². The average Bonchev–Trinajstić information content (AvgIpc) is 2.29. The van der Waals surface area contributed by atoms with Gasteiger partial charge in [0.05, 0.1) is 6.61 Å². The number of rotatable bonds is 5. The molecule has 6 nitrogen and oxygen atoms in total. The molecule has 0 unspecified atom stereocenters. The summed E-state index contributed by atoms with van der Waals surface area (Å²) < 4.78 is 10.4. The molecule has 1 saturated heterocycles. The molecule has 0 spiro atoms. The third kappa shape index (κ3) is 3.13. The molecule has 4 N–H and O–H groups in total. The molecule has 1 aliphatic rings. The van der Waals surface area contributed by atoms with Crippen molar-refractivity contribution in [2.24, 2.45) is 0 Å². The number of hydrogen-bond donors (Lipinski definition) is 4. The summed E-state index contributed by atoms with van der Waals surface area (Å²) >= 11 is 0. The highest BCUT2D eigenvalue weighted by atomic mass is 16.7. The summed E-state index contributed by atoms with van der Waals surface area (Å²) in [6.45, 7) is 1.97. The predicted molar refractivity (Wildman–Crippen MR) is 54.6 cm³/mol. The third-order valence-corrected chi connectivity index (χ3v) is 2.63. The molecular formula is C10H20O6. The standard InChI is InChI=1S/C10H20O6/c1-2-3-4-15-10-9(14)8(13)7(12)6(5-11)16-10/h6-14H,2-5H2,1H3/t6-,7+,8-,9-,10-/m1/s1. The van der Waals surface area contributed by atoms with Gasteiger partial charge in [-0.15, -0.1) is 0 Å². The summed E-state index contributed by atoms with van der Waals surface area (Å²) in [5, 5.41) is 37.5. The van der Waals surface area contributed by atoms with Gasteiger partial charge in [-0.1, -0.05) is 13.3 Å². The van der Waals surface area contributed by atoms with Gasteiger partial charge in [-0.2, -0.15) is 0 Å². The van der Waals surface area contributed by atoms with E-state index < -0.39 is 37.3 Å². The van der Waals surface area contributed by atoms with Crippen molar-refractivity contribution < 1.29 is 29.9 Å². The first kappa shape index (κ1) is 13.8. The molecule has 6 heteroatoms. The van der Waals surface area contributed by atoms with Crippen LogP contribution in [0.15, 0.2) is 0 Å². The summed E-state index contributed by atoms with van der Waals surface area (Å²) in [5.74, 6) is 0. The minimum atomic E-state index is -1.36. The van der Waals surface area contributed by atoms with Crippen LogP contribution in [-0.2, 0) is 9.47 Å². The van der Waals surface area contributed by atoms with E-state index in [9.17, 15) is 15.3 Å². The first-order chi connectivity index (χ1) is 7.61. The maximum absolute atomic E-state index is 9.58. The molecule has 0 saturated carbocycles. The van der Waals surface area contributed by atoms with Crippen molar-refractivity contribution in [3.8, 4) is 0 Å². The maximum atomic E-state index is 9.58. The zero-order valence-electron chi connectivity index (χ0n) is 9.32. The van der Waals surface area contributed by atoms with E-state index in [4.69, 9.17) is 14.6 Å². The van der Waals surface area contributed by atoms with Crippen LogP contribution in [0.5, 0.6) is 0 Å². The van der Waals surface area contributed by atoms with Crippen LogP contribution in [0.4, 0.5) is 0 Å². The van der Waals surface area contributed by atoms with Gasteiger partial charge in [-0.3, -0.25) is 0 Å². The van der Waals surface area contributed by atoms with Crippen LogP contribution in [0.25, 0.3) is 0 Å². The molecule has 0 aromatic heterocycles. The van der Waals surface area contributed by atoms with Crippen LogP contribution < -0.4 is 0 Å². The van der Waals surface area contributed by atoms with Gasteiger partial charge < -0.3 is 29.9 Å². The summed E-state index contributed by atoms with van der Waals surface area (Å²) in [6, 6.07) is 0. The Hall–Kier alpha value is -0.240. The summed E-state index contributed by atoms with van der Waals surface area (Å²) in [5.41, 5.74) is 0. The molecule has 16 heavy (non-hydrogen) atoms. The second-order valence-electron chi connectivity index (χ2n) is 3.92. The summed E-state index contributed by atoms with van der Waals surface area (Å²) in [4.78, 5) is 0. The van der Waals surface area contributed by atoms with Gasteiger partial charge in [0.15, 0.2) is 6.29 Å². The Labute approximate surface area is 94.4 Å². The summed E-state index contributed by atoms with van der Waals surface area (Å²) in [6.07, 6.45) is -4.13. The zero-order valence-corrected chi connectivity index (χ0v) is 9.32. The molecule has 0 aliphatic carbocycles. The Balaban J connectivity index is 2.50. The van der Waals surface area contributed by atoms with Crippen LogP contribution in [0.3, 0.4) is 0 Å². The molecule has 1 rings (SSSR count). The smallest absolute Gasteiger partial charge is 0.186 e. The zero-order chi connectivity index (χ0) is 12.1. The van der Waals surface area contributed by atoms with E-state index >= 15 is 0 Å². The molecular weight excluding hydrogens is 216 g/mol. The van der Waals surface area contributed by atoms with E-state index in [1.165, 1.54) is 0 Å². The normalized spacial score (nSPS) is 39.9.